The highest BCUT2D eigenvalue weighted by Crippen LogP contribution is 2.62. The van der Waals surface area contributed by atoms with Crippen molar-refractivity contribution >= 4 is 18.0 Å². The van der Waals surface area contributed by atoms with Crippen LogP contribution in [0.5, 0.6) is 5.75 Å². The molecule has 3 fully saturated rings. The number of rotatable bonds is 8. The number of hydrogen-bond donors (Lipinski definition) is 1. The maximum atomic E-state index is 13.5. The van der Waals surface area contributed by atoms with E-state index in [0.29, 0.717) is 48.2 Å². The fraction of sp³-hybridized carbons (Fsp3) is 0.417. The van der Waals surface area contributed by atoms with E-state index in [1.54, 1.807) is 0 Å². The second-order valence-corrected chi connectivity index (χ2v) is 13.0. The molecule has 214 valence electrons. The molecular formula is C36H36N2O4. The van der Waals surface area contributed by atoms with Crippen LogP contribution in [0.15, 0.2) is 60.7 Å². The first-order valence-electron chi connectivity index (χ1n) is 15.6. The summed E-state index contributed by atoms with van der Waals surface area (Å²) in [7, 11) is 0. The Labute approximate surface area is 246 Å². The molecule has 1 saturated heterocycles. The summed E-state index contributed by atoms with van der Waals surface area (Å²) in [5, 5.41) is 3.12. The average molecular weight is 561 g/mol. The summed E-state index contributed by atoms with van der Waals surface area (Å²) < 4.78 is 6.56. The van der Waals surface area contributed by atoms with Gasteiger partial charge in [-0.15, -0.1) is 0 Å². The third-order valence-electron chi connectivity index (χ3n) is 10.7. The van der Waals surface area contributed by atoms with Gasteiger partial charge in [0.2, 0.25) is 0 Å². The number of piperidine rings is 1. The monoisotopic (exact) mass is 560 g/mol. The van der Waals surface area contributed by atoms with Gasteiger partial charge >= 0.3 is 0 Å². The highest BCUT2D eigenvalue weighted by atomic mass is 16.5. The van der Waals surface area contributed by atoms with Crippen molar-refractivity contribution in [2.75, 3.05) is 19.6 Å². The Morgan fingerprint density at radius 2 is 1.76 bits per heavy atom. The predicted molar refractivity (Wildman–Crippen MR) is 160 cm³/mol. The van der Waals surface area contributed by atoms with Crippen molar-refractivity contribution in [3.8, 4) is 16.9 Å². The van der Waals surface area contributed by atoms with Gasteiger partial charge in [0.05, 0.1) is 5.56 Å². The van der Waals surface area contributed by atoms with Crippen LogP contribution < -0.4 is 10.1 Å². The predicted octanol–water partition coefficient (Wildman–Crippen LogP) is 5.16. The number of Topliss-reactive ketones (excluding diaryl/α,β-unsaturated/α-hetero) is 1. The molecule has 6 nitrogen and oxygen atoms in total. The van der Waals surface area contributed by atoms with Gasteiger partial charge in [-0.1, -0.05) is 54.6 Å². The van der Waals surface area contributed by atoms with Gasteiger partial charge in [-0.2, -0.15) is 0 Å². The Bertz CT molecular complexity index is 1580. The molecule has 3 aromatic rings. The molecule has 8 rings (SSSR count). The zero-order chi connectivity index (χ0) is 28.4. The number of aldehydes is 1. The normalized spacial score (nSPS) is 27.2. The van der Waals surface area contributed by atoms with E-state index in [0.717, 1.165) is 54.7 Å². The topological polar surface area (TPSA) is 75.7 Å². The number of carbonyl (C=O) groups excluding carboxylic acids is 3. The fourth-order valence-corrected chi connectivity index (χ4v) is 8.49. The van der Waals surface area contributed by atoms with E-state index >= 15 is 0 Å². The summed E-state index contributed by atoms with van der Waals surface area (Å²) in [5.41, 5.74) is 6.70. The molecule has 3 aromatic carbocycles. The Morgan fingerprint density at radius 3 is 2.50 bits per heavy atom. The van der Waals surface area contributed by atoms with Gasteiger partial charge in [0.15, 0.2) is 11.9 Å². The number of nitrogens with zero attached hydrogens (tertiary/aromatic N) is 1. The number of ether oxygens (including phenoxy) is 1. The van der Waals surface area contributed by atoms with Gasteiger partial charge in [0.1, 0.15) is 12.0 Å². The second kappa shape index (κ2) is 9.91. The number of likely N-dealkylation sites (tertiary alicyclic amines) is 1. The first kappa shape index (κ1) is 25.9. The van der Waals surface area contributed by atoms with Crippen molar-refractivity contribution in [3.05, 3.63) is 88.5 Å². The maximum absolute atomic E-state index is 13.5. The Morgan fingerprint density at radius 1 is 1.00 bits per heavy atom. The van der Waals surface area contributed by atoms with Gasteiger partial charge in [-0.05, 0) is 85.2 Å². The van der Waals surface area contributed by atoms with Crippen LogP contribution in [0, 0.1) is 11.8 Å². The lowest BCUT2D eigenvalue weighted by molar-refractivity contribution is -0.138. The zero-order valence-corrected chi connectivity index (χ0v) is 23.8. The molecule has 2 heterocycles. The van der Waals surface area contributed by atoms with Gasteiger partial charge in [-0.3, -0.25) is 19.3 Å². The van der Waals surface area contributed by atoms with Crippen LogP contribution in [0.2, 0.25) is 0 Å². The van der Waals surface area contributed by atoms with Crippen molar-refractivity contribution in [1.82, 2.24) is 10.2 Å². The first-order valence-corrected chi connectivity index (χ1v) is 15.6. The van der Waals surface area contributed by atoms with Gasteiger partial charge < -0.3 is 10.1 Å². The highest BCUT2D eigenvalue weighted by Gasteiger charge is 2.66. The fourth-order valence-electron chi connectivity index (χ4n) is 8.49. The van der Waals surface area contributed by atoms with Crippen LogP contribution >= 0.6 is 0 Å². The third-order valence-corrected chi connectivity index (χ3v) is 10.7. The van der Waals surface area contributed by atoms with Gasteiger partial charge in [0.25, 0.3) is 5.91 Å². The molecule has 3 aliphatic carbocycles. The quantitative estimate of drug-likeness (QED) is 0.386. The molecule has 0 aromatic heterocycles. The van der Waals surface area contributed by atoms with Gasteiger partial charge in [0, 0.05) is 42.1 Å². The SMILES string of the molecule is O=Cc1ccc(-c2ccc(CCNC(=O)c3ccc4c5c3OC3C(=O)CC[C@H]6[C@@H](C4)N(CC4CC4)CCC536)cc2)cc1. The smallest absolute Gasteiger partial charge is 0.255 e. The van der Waals surface area contributed by atoms with Crippen molar-refractivity contribution < 1.29 is 19.1 Å². The first-order chi connectivity index (χ1) is 20.5. The van der Waals surface area contributed by atoms with E-state index in [1.165, 1.54) is 30.5 Å². The summed E-state index contributed by atoms with van der Waals surface area (Å²) in [6.07, 6.45) is 7.27. The molecule has 2 bridgehead atoms. The van der Waals surface area contributed by atoms with Crippen molar-refractivity contribution in [1.29, 1.82) is 0 Å². The molecule has 42 heavy (non-hydrogen) atoms. The second-order valence-electron chi connectivity index (χ2n) is 13.0. The van der Waals surface area contributed by atoms with Crippen LogP contribution in [0.1, 0.15) is 69.5 Å². The molecule has 2 unspecified atom stereocenters. The molecule has 1 N–H and O–H groups in total. The summed E-state index contributed by atoms with van der Waals surface area (Å²) >= 11 is 0. The minimum absolute atomic E-state index is 0.132. The molecule has 0 radical (unpaired) electrons. The lowest BCUT2D eigenvalue weighted by Gasteiger charge is -2.57. The minimum atomic E-state index is -0.446. The zero-order valence-electron chi connectivity index (χ0n) is 23.8. The number of ketones is 1. The van der Waals surface area contributed by atoms with E-state index in [9.17, 15) is 14.4 Å². The lowest BCUT2D eigenvalue weighted by atomic mass is 9.51. The van der Waals surface area contributed by atoms with E-state index < -0.39 is 6.10 Å². The Balaban J connectivity index is 0.996. The Kier molecular flexibility index (Phi) is 6.11. The van der Waals surface area contributed by atoms with E-state index in [2.05, 4.69) is 40.5 Å². The molecule has 4 atom stereocenters. The summed E-state index contributed by atoms with van der Waals surface area (Å²) in [6.45, 7) is 2.72. The molecule has 5 aliphatic rings. The number of amides is 1. The number of benzene rings is 3. The van der Waals surface area contributed by atoms with Crippen molar-refractivity contribution in [2.45, 2.75) is 62.5 Å². The molecular weight excluding hydrogens is 524 g/mol. The molecule has 2 aliphatic heterocycles. The lowest BCUT2D eigenvalue weighted by Crippen LogP contribution is -2.66. The number of hydrogen-bond acceptors (Lipinski definition) is 5. The van der Waals surface area contributed by atoms with Crippen LogP contribution in [0.4, 0.5) is 0 Å². The standard InChI is InChI=1S/C36H36N2O4/c39-21-24-5-9-26(10-6-24)25-7-3-22(4-8-25)15-17-37-35(41)28-12-11-27-19-30-29-13-14-31(40)34-36(29,32(27)33(28)42-34)16-18-38(30)20-23-1-2-23/h3-12,21,23,29-30,34H,1-2,13-20H2,(H,37,41)/t29-,30+,34?,36?/m0/s1. The highest BCUT2D eigenvalue weighted by molar-refractivity contribution is 5.99. The van der Waals surface area contributed by atoms with Crippen molar-refractivity contribution in [3.63, 3.8) is 0 Å². The minimum Gasteiger partial charge on any atom is -0.481 e. The third kappa shape index (κ3) is 4.06. The van der Waals surface area contributed by atoms with E-state index in [-0.39, 0.29) is 17.1 Å². The maximum Gasteiger partial charge on any atom is 0.255 e. The van der Waals surface area contributed by atoms with Crippen LogP contribution in [-0.2, 0) is 23.1 Å². The van der Waals surface area contributed by atoms with Crippen LogP contribution in [0.3, 0.4) is 0 Å². The van der Waals surface area contributed by atoms with Crippen LogP contribution in [-0.4, -0.2) is 54.7 Å². The average Bonchev–Trinajstić information content (AvgIpc) is 3.77. The largest absolute Gasteiger partial charge is 0.481 e. The summed E-state index contributed by atoms with van der Waals surface area (Å²) in [6, 6.07) is 20.4. The molecule has 1 amide bonds. The molecule has 2 saturated carbocycles. The number of nitrogens with one attached hydrogen (secondary N) is 1. The Hall–Kier alpha value is -3.77. The summed E-state index contributed by atoms with van der Waals surface area (Å²) in [5.74, 6) is 2.02. The summed E-state index contributed by atoms with van der Waals surface area (Å²) in [4.78, 5) is 40.5. The van der Waals surface area contributed by atoms with E-state index in [4.69, 9.17) is 4.74 Å². The van der Waals surface area contributed by atoms with Crippen LogP contribution in [0.25, 0.3) is 11.1 Å². The molecule has 6 heteroatoms. The number of carbonyl (C=O) groups is 3. The molecule has 1 spiro atoms. The van der Waals surface area contributed by atoms with Gasteiger partial charge in [-0.25, -0.2) is 0 Å². The van der Waals surface area contributed by atoms with Crippen molar-refractivity contribution in [2.24, 2.45) is 11.8 Å². The van der Waals surface area contributed by atoms with E-state index in [1.807, 2.05) is 30.3 Å².